The van der Waals surface area contributed by atoms with Crippen molar-refractivity contribution in [2.75, 3.05) is 6.61 Å². The maximum atomic E-state index is 13.7. The Morgan fingerprint density at radius 1 is 1.10 bits per heavy atom. The van der Waals surface area contributed by atoms with Crippen LogP contribution in [0.25, 0.3) is 0 Å². The van der Waals surface area contributed by atoms with Gasteiger partial charge in [-0.15, -0.1) is 0 Å². The molecule has 0 aliphatic heterocycles. The summed E-state index contributed by atoms with van der Waals surface area (Å²) in [6, 6.07) is 4.64. The van der Waals surface area contributed by atoms with Crippen LogP contribution in [0.15, 0.2) is 18.2 Å². The van der Waals surface area contributed by atoms with Gasteiger partial charge in [0.2, 0.25) is 0 Å². The van der Waals surface area contributed by atoms with Crippen molar-refractivity contribution in [2.24, 2.45) is 0 Å². The number of rotatable bonds is 10. The van der Waals surface area contributed by atoms with Crippen LogP contribution in [0.2, 0.25) is 0 Å². The van der Waals surface area contributed by atoms with E-state index in [2.05, 4.69) is 6.92 Å². The molecular formula is C17H27FO2. The summed E-state index contributed by atoms with van der Waals surface area (Å²) in [4.78, 5) is 0. The lowest BCUT2D eigenvalue weighted by Crippen LogP contribution is -2.00. The van der Waals surface area contributed by atoms with Crippen LogP contribution in [-0.4, -0.2) is 11.7 Å². The first-order valence-corrected chi connectivity index (χ1v) is 7.75. The van der Waals surface area contributed by atoms with Crippen molar-refractivity contribution in [1.29, 1.82) is 0 Å². The molecule has 0 spiro atoms. The van der Waals surface area contributed by atoms with Gasteiger partial charge in [-0.2, -0.15) is 0 Å². The average molecular weight is 282 g/mol. The topological polar surface area (TPSA) is 29.5 Å². The lowest BCUT2D eigenvalue weighted by molar-refractivity contribution is 0.198. The summed E-state index contributed by atoms with van der Waals surface area (Å²) in [6.45, 7) is 4.39. The van der Waals surface area contributed by atoms with E-state index in [1.165, 1.54) is 38.2 Å². The molecule has 114 valence electrons. The van der Waals surface area contributed by atoms with Crippen molar-refractivity contribution in [2.45, 2.75) is 64.9 Å². The Bertz CT molecular complexity index is 377. The van der Waals surface area contributed by atoms with Gasteiger partial charge in [-0.05, 0) is 31.0 Å². The molecule has 0 bridgehead atoms. The number of benzene rings is 1. The SMILES string of the molecule is CCCCCCCCCOc1ccc([C@@H](C)O)cc1F. The predicted octanol–water partition coefficient (Wildman–Crippen LogP) is 5.01. The minimum Gasteiger partial charge on any atom is -0.491 e. The summed E-state index contributed by atoms with van der Waals surface area (Å²) in [7, 11) is 0. The van der Waals surface area contributed by atoms with Gasteiger partial charge < -0.3 is 9.84 Å². The van der Waals surface area contributed by atoms with Gasteiger partial charge in [-0.3, -0.25) is 0 Å². The van der Waals surface area contributed by atoms with Gasteiger partial charge >= 0.3 is 0 Å². The third kappa shape index (κ3) is 6.38. The number of hydrogen-bond donors (Lipinski definition) is 1. The fraction of sp³-hybridized carbons (Fsp3) is 0.647. The molecule has 0 amide bonds. The third-order valence-electron chi connectivity index (χ3n) is 3.44. The summed E-state index contributed by atoms with van der Waals surface area (Å²) >= 11 is 0. The molecular weight excluding hydrogens is 255 g/mol. The summed E-state index contributed by atoms with van der Waals surface area (Å²) in [5, 5.41) is 9.37. The number of unbranched alkanes of at least 4 members (excludes halogenated alkanes) is 6. The first-order chi connectivity index (χ1) is 9.65. The van der Waals surface area contributed by atoms with E-state index in [4.69, 9.17) is 4.74 Å². The van der Waals surface area contributed by atoms with Gasteiger partial charge in [0.25, 0.3) is 0 Å². The van der Waals surface area contributed by atoms with Crippen LogP contribution in [0.1, 0.15) is 70.5 Å². The van der Waals surface area contributed by atoms with E-state index in [0.29, 0.717) is 12.2 Å². The lowest BCUT2D eigenvalue weighted by Gasteiger charge is -2.10. The molecule has 3 heteroatoms. The van der Waals surface area contributed by atoms with Crippen LogP contribution < -0.4 is 4.74 Å². The van der Waals surface area contributed by atoms with E-state index >= 15 is 0 Å². The minimum absolute atomic E-state index is 0.278. The van der Waals surface area contributed by atoms with E-state index < -0.39 is 11.9 Å². The third-order valence-corrected chi connectivity index (χ3v) is 3.44. The van der Waals surface area contributed by atoms with E-state index in [0.717, 1.165) is 12.8 Å². The summed E-state index contributed by atoms with van der Waals surface area (Å²) in [6.07, 6.45) is 7.86. The van der Waals surface area contributed by atoms with Crippen LogP contribution in [-0.2, 0) is 0 Å². The fourth-order valence-electron chi connectivity index (χ4n) is 2.14. The molecule has 0 heterocycles. The maximum absolute atomic E-state index is 13.7. The Kier molecular flexibility index (Phi) is 8.28. The highest BCUT2D eigenvalue weighted by molar-refractivity contribution is 5.30. The molecule has 20 heavy (non-hydrogen) atoms. The molecule has 0 saturated carbocycles. The Morgan fingerprint density at radius 2 is 1.75 bits per heavy atom. The molecule has 1 atom stereocenters. The van der Waals surface area contributed by atoms with Crippen LogP contribution in [0.4, 0.5) is 4.39 Å². The van der Waals surface area contributed by atoms with Crippen molar-refractivity contribution >= 4 is 0 Å². The number of halogens is 1. The number of aliphatic hydroxyl groups is 1. The second-order valence-corrected chi connectivity index (χ2v) is 5.34. The molecule has 0 aromatic heterocycles. The van der Waals surface area contributed by atoms with Crippen molar-refractivity contribution in [3.8, 4) is 5.75 Å². The van der Waals surface area contributed by atoms with Gasteiger partial charge in [-0.1, -0.05) is 51.5 Å². The zero-order chi connectivity index (χ0) is 14.8. The molecule has 0 unspecified atom stereocenters. The average Bonchev–Trinajstić information content (AvgIpc) is 2.43. The number of hydrogen-bond acceptors (Lipinski definition) is 2. The lowest BCUT2D eigenvalue weighted by atomic mass is 10.1. The van der Waals surface area contributed by atoms with Gasteiger partial charge in [0.05, 0.1) is 12.7 Å². The van der Waals surface area contributed by atoms with Crippen LogP contribution in [0, 0.1) is 5.82 Å². The van der Waals surface area contributed by atoms with Crippen LogP contribution >= 0.6 is 0 Å². The molecule has 1 aromatic rings. The molecule has 0 aliphatic rings. The monoisotopic (exact) mass is 282 g/mol. The maximum Gasteiger partial charge on any atom is 0.165 e. The molecule has 0 radical (unpaired) electrons. The van der Waals surface area contributed by atoms with Crippen molar-refractivity contribution in [1.82, 2.24) is 0 Å². The number of ether oxygens (including phenoxy) is 1. The van der Waals surface area contributed by atoms with Crippen LogP contribution in [0.3, 0.4) is 0 Å². The first kappa shape index (κ1) is 17.0. The highest BCUT2D eigenvalue weighted by Gasteiger charge is 2.07. The highest BCUT2D eigenvalue weighted by Crippen LogP contribution is 2.22. The Labute approximate surface area is 122 Å². The number of aliphatic hydroxyl groups excluding tert-OH is 1. The smallest absolute Gasteiger partial charge is 0.165 e. The standard InChI is InChI=1S/C17H27FO2/c1-3-4-5-6-7-8-9-12-20-17-11-10-15(14(2)19)13-16(17)18/h10-11,13-14,19H,3-9,12H2,1-2H3/t14-/m1/s1. The Balaban J connectivity index is 2.19. The van der Waals surface area contributed by atoms with Crippen molar-refractivity contribution in [3.63, 3.8) is 0 Å². The van der Waals surface area contributed by atoms with E-state index in [1.807, 2.05) is 0 Å². The highest BCUT2D eigenvalue weighted by atomic mass is 19.1. The minimum atomic E-state index is -0.651. The second kappa shape index (κ2) is 9.76. The molecule has 0 aliphatic carbocycles. The summed E-state index contributed by atoms with van der Waals surface area (Å²) in [5.41, 5.74) is 0.575. The van der Waals surface area contributed by atoms with Gasteiger partial charge in [0, 0.05) is 0 Å². The molecule has 0 fully saturated rings. The second-order valence-electron chi connectivity index (χ2n) is 5.34. The van der Waals surface area contributed by atoms with Gasteiger partial charge in [-0.25, -0.2) is 4.39 Å². The first-order valence-electron chi connectivity index (χ1n) is 7.75. The fourth-order valence-corrected chi connectivity index (χ4v) is 2.14. The zero-order valence-electron chi connectivity index (χ0n) is 12.7. The molecule has 1 N–H and O–H groups in total. The van der Waals surface area contributed by atoms with Crippen molar-refractivity contribution in [3.05, 3.63) is 29.6 Å². The van der Waals surface area contributed by atoms with Crippen molar-refractivity contribution < 1.29 is 14.2 Å². The Morgan fingerprint density at radius 3 is 2.35 bits per heavy atom. The van der Waals surface area contributed by atoms with E-state index in [9.17, 15) is 9.50 Å². The van der Waals surface area contributed by atoms with E-state index in [1.54, 1.807) is 19.1 Å². The largest absolute Gasteiger partial charge is 0.491 e. The summed E-state index contributed by atoms with van der Waals surface area (Å²) < 4.78 is 19.1. The molecule has 1 rings (SSSR count). The zero-order valence-corrected chi connectivity index (χ0v) is 12.7. The molecule has 0 saturated heterocycles. The quantitative estimate of drug-likeness (QED) is 0.611. The van der Waals surface area contributed by atoms with Gasteiger partial charge in [0.1, 0.15) is 0 Å². The Hall–Kier alpha value is -1.09. The normalized spacial score (nSPS) is 12.4. The predicted molar refractivity (Wildman–Crippen MR) is 80.5 cm³/mol. The molecule has 2 nitrogen and oxygen atoms in total. The molecule has 1 aromatic carbocycles. The van der Waals surface area contributed by atoms with Gasteiger partial charge in [0.15, 0.2) is 11.6 Å². The van der Waals surface area contributed by atoms with E-state index in [-0.39, 0.29) is 5.75 Å². The summed E-state index contributed by atoms with van der Waals surface area (Å²) in [5.74, 6) is -0.119. The van der Waals surface area contributed by atoms with Crippen LogP contribution in [0.5, 0.6) is 5.75 Å².